The van der Waals surface area contributed by atoms with Gasteiger partial charge in [0.2, 0.25) is 0 Å². The zero-order valence-corrected chi connectivity index (χ0v) is 13.9. The highest BCUT2D eigenvalue weighted by Gasteiger charge is 2.31. The van der Waals surface area contributed by atoms with Crippen LogP contribution in [0.2, 0.25) is 4.34 Å². The van der Waals surface area contributed by atoms with E-state index < -0.39 is 0 Å². The summed E-state index contributed by atoms with van der Waals surface area (Å²) in [5.41, 5.74) is 0. The second-order valence-electron chi connectivity index (χ2n) is 6.30. The van der Waals surface area contributed by atoms with Gasteiger partial charge in [0.25, 0.3) is 0 Å². The van der Waals surface area contributed by atoms with E-state index in [1.807, 2.05) is 6.07 Å². The minimum absolute atomic E-state index is 0.823. The zero-order valence-electron chi connectivity index (χ0n) is 12.3. The molecule has 1 aromatic heterocycles. The third-order valence-corrected chi connectivity index (χ3v) is 5.94. The molecular weight excluding hydrogens is 274 g/mol. The summed E-state index contributed by atoms with van der Waals surface area (Å²) in [6, 6.07) is 4.25. The molecule has 0 aromatic carbocycles. The van der Waals surface area contributed by atoms with Gasteiger partial charge in [0.05, 0.1) is 4.34 Å². The fourth-order valence-corrected chi connectivity index (χ4v) is 4.65. The Morgan fingerprint density at radius 3 is 2.68 bits per heavy atom. The largest absolute Gasteiger partial charge is 0.319 e. The van der Waals surface area contributed by atoms with Gasteiger partial charge in [-0.2, -0.15) is 0 Å². The number of nitrogens with one attached hydrogen (secondary N) is 1. The first-order valence-electron chi connectivity index (χ1n) is 7.49. The number of hydrogen-bond acceptors (Lipinski definition) is 2. The summed E-state index contributed by atoms with van der Waals surface area (Å²) in [4.78, 5) is 1.46. The molecule has 3 heteroatoms. The summed E-state index contributed by atoms with van der Waals surface area (Å²) in [6.45, 7) is 5.92. The van der Waals surface area contributed by atoms with E-state index in [2.05, 4.69) is 32.3 Å². The van der Waals surface area contributed by atoms with Crippen LogP contribution in [-0.2, 0) is 6.42 Å². The van der Waals surface area contributed by atoms with E-state index in [9.17, 15) is 0 Å². The molecule has 1 heterocycles. The first kappa shape index (κ1) is 15.3. The molecule has 0 bridgehead atoms. The van der Waals surface area contributed by atoms with E-state index in [4.69, 9.17) is 11.6 Å². The second-order valence-corrected chi connectivity index (χ2v) is 8.10. The highest BCUT2D eigenvalue weighted by Crippen LogP contribution is 2.40. The summed E-state index contributed by atoms with van der Waals surface area (Å²) >= 11 is 7.82. The molecule has 0 aliphatic heterocycles. The average molecular weight is 300 g/mol. The molecular formula is C16H26ClNS. The normalized spacial score (nSPS) is 27.9. The van der Waals surface area contributed by atoms with Crippen LogP contribution in [0.3, 0.4) is 0 Å². The Hall–Kier alpha value is -0.0500. The Kier molecular flexibility index (Phi) is 5.73. The van der Waals surface area contributed by atoms with Gasteiger partial charge in [0, 0.05) is 4.88 Å². The third kappa shape index (κ3) is 4.21. The van der Waals surface area contributed by atoms with E-state index in [0.29, 0.717) is 0 Å². The molecule has 1 aliphatic carbocycles. The molecule has 108 valence electrons. The number of hydrogen-bond donors (Lipinski definition) is 1. The van der Waals surface area contributed by atoms with E-state index in [1.165, 1.54) is 30.6 Å². The van der Waals surface area contributed by atoms with Gasteiger partial charge in [-0.25, -0.2) is 0 Å². The van der Waals surface area contributed by atoms with Crippen molar-refractivity contribution >= 4 is 22.9 Å². The van der Waals surface area contributed by atoms with Crippen LogP contribution in [-0.4, -0.2) is 13.6 Å². The van der Waals surface area contributed by atoms with Gasteiger partial charge in [-0.15, -0.1) is 11.3 Å². The van der Waals surface area contributed by atoms with Crippen molar-refractivity contribution in [3.63, 3.8) is 0 Å². The van der Waals surface area contributed by atoms with Crippen molar-refractivity contribution in [2.75, 3.05) is 13.6 Å². The van der Waals surface area contributed by atoms with Crippen molar-refractivity contribution in [2.24, 2.45) is 23.7 Å². The van der Waals surface area contributed by atoms with Crippen LogP contribution in [0.1, 0.15) is 38.0 Å². The summed E-state index contributed by atoms with van der Waals surface area (Å²) in [5, 5.41) is 3.38. The predicted molar refractivity (Wildman–Crippen MR) is 86.1 cm³/mol. The van der Waals surface area contributed by atoms with Gasteiger partial charge in [-0.1, -0.05) is 25.4 Å². The van der Waals surface area contributed by atoms with E-state index in [0.717, 1.165) is 34.6 Å². The fraction of sp³-hybridized carbons (Fsp3) is 0.750. The van der Waals surface area contributed by atoms with Gasteiger partial charge < -0.3 is 5.32 Å². The lowest BCUT2D eigenvalue weighted by Gasteiger charge is -2.38. The molecule has 0 spiro atoms. The molecule has 1 saturated carbocycles. The quantitative estimate of drug-likeness (QED) is 0.819. The SMILES string of the molecule is CNCC1CCC(C(C)C)CC1Cc1ccc(Cl)s1. The first-order valence-corrected chi connectivity index (χ1v) is 8.68. The molecule has 19 heavy (non-hydrogen) atoms. The lowest BCUT2D eigenvalue weighted by molar-refractivity contribution is 0.147. The van der Waals surface area contributed by atoms with Crippen molar-refractivity contribution in [1.82, 2.24) is 5.32 Å². The summed E-state index contributed by atoms with van der Waals surface area (Å²) in [7, 11) is 2.08. The van der Waals surface area contributed by atoms with Crippen LogP contribution in [0.15, 0.2) is 12.1 Å². The number of thiophene rings is 1. The highest BCUT2D eigenvalue weighted by molar-refractivity contribution is 7.16. The van der Waals surface area contributed by atoms with E-state index >= 15 is 0 Å². The maximum atomic E-state index is 6.06. The standard InChI is InChI=1S/C16H26ClNS/c1-11(2)12-4-5-13(10-18-3)14(8-12)9-15-6-7-16(17)19-15/h6-7,11-14,18H,4-5,8-10H2,1-3H3. The van der Waals surface area contributed by atoms with Gasteiger partial charge in [-0.05, 0) is 75.1 Å². The Morgan fingerprint density at radius 2 is 2.11 bits per heavy atom. The van der Waals surface area contributed by atoms with Crippen molar-refractivity contribution in [3.05, 3.63) is 21.3 Å². The summed E-state index contributed by atoms with van der Waals surface area (Å²) in [5.74, 6) is 3.39. The molecule has 1 fully saturated rings. The van der Waals surface area contributed by atoms with Gasteiger partial charge in [0.15, 0.2) is 0 Å². The third-order valence-electron chi connectivity index (χ3n) is 4.68. The molecule has 3 atom stereocenters. The smallest absolute Gasteiger partial charge is 0.0931 e. The Morgan fingerprint density at radius 1 is 1.32 bits per heavy atom. The van der Waals surface area contributed by atoms with Crippen molar-refractivity contribution in [1.29, 1.82) is 0 Å². The lowest BCUT2D eigenvalue weighted by Crippen LogP contribution is -2.34. The topological polar surface area (TPSA) is 12.0 Å². The van der Waals surface area contributed by atoms with Gasteiger partial charge in [0.1, 0.15) is 0 Å². The molecule has 0 amide bonds. The maximum Gasteiger partial charge on any atom is 0.0931 e. The molecule has 3 unspecified atom stereocenters. The molecule has 0 radical (unpaired) electrons. The van der Waals surface area contributed by atoms with Crippen LogP contribution in [0.4, 0.5) is 0 Å². The second kappa shape index (κ2) is 7.10. The van der Waals surface area contributed by atoms with E-state index in [-0.39, 0.29) is 0 Å². The molecule has 1 nitrogen and oxygen atoms in total. The minimum Gasteiger partial charge on any atom is -0.319 e. The van der Waals surface area contributed by atoms with Crippen molar-refractivity contribution in [2.45, 2.75) is 39.5 Å². The van der Waals surface area contributed by atoms with Crippen molar-refractivity contribution in [3.8, 4) is 0 Å². The van der Waals surface area contributed by atoms with E-state index in [1.54, 1.807) is 11.3 Å². The molecule has 2 rings (SSSR count). The number of rotatable bonds is 5. The fourth-order valence-electron chi connectivity index (χ4n) is 3.47. The van der Waals surface area contributed by atoms with Crippen LogP contribution < -0.4 is 5.32 Å². The molecule has 1 N–H and O–H groups in total. The molecule has 1 aliphatic rings. The van der Waals surface area contributed by atoms with Crippen LogP contribution in [0.25, 0.3) is 0 Å². The lowest BCUT2D eigenvalue weighted by atomic mass is 9.69. The first-order chi connectivity index (χ1) is 9.10. The molecule has 0 saturated heterocycles. The Balaban J connectivity index is 2.02. The van der Waals surface area contributed by atoms with Crippen LogP contribution >= 0.6 is 22.9 Å². The van der Waals surface area contributed by atoms with Crippen LogP contribution in [0.5, 0.6) is 0 Å². The highest BCUT2D eigenvalue weighted by atomic mass is 35.5. The van der Waals surface area contributed by atoms with Gasteiger partial charge in [-0.3, -0.25) is 0 Å². The zero-order chi connectivity index (χ0) is 13.8. The Labute approximate surface area is 126 Å². The monoisotopic (exact) mass is 299 g/mol. The van der Waals surface area contributed by atoms with Crippen LogP contribution in [0, 0.1) is 23.7 Å². The summed E-state index contributed by atoms with van der Waals surface area (Å²) < 4.78 is 0.927. The minimum atomic E-state index is 0.823. The number of halogens is 1. The maximum absolute atomic E-state index is 6.06. The average Bonchev–Trinajstić information content (AvgIpc) is 2.77. The Bertz CT molecular complexity index is 388. The van der Waals surface area contributed by atoms with Crippen molar-refractivity contribution < 1.29 is 0 Å². The predicted octanol–water partition coefficient (Wildman–Crippen LogP) is 4.85. The van der Waals surface area contributed by atoms with Gasteiger partial charge >= 0.3 is 0 Å². The molecule has 1 aromatic rings. The summed E-state index contributed by atoms with van der Waals surface area (Å²) in [6.07, 6.45) is 5.39.